The molecule has 0 aromatic heterocycles. The lowest BCUT2D eigenvalue weighted by molar-refractivity contribution is 0.471. The highest BCUT2D eigenvalue weighted by Gasteiger charge is 2.18. The van der Waals surface area contributed by atoms with Gasteiger partial charge in [0.05, 0.1) is 10.6 Å². The van der Waals surface area contributed by atoms with Gasteiger partial charge in [-0.25, -0.2) is 12.8 Å². The fourth-order valence-corrected chi connectivity index (χ4v) is 3.19. The first-order chi connectivity index (χ1) is 9.29. The molecular weight excluding hydrogens is 281 g/mol. The average molecular weight is 295 g/mol. The Morgan fingerprint density at radius 2 is 1.80 bits per heavy atom. The van der Waals surface area contributed by atoms with Gasteiger partial charge in [0.1, 0.15) is 11.6 Å². The molecule has 0 aliphatic heterocycles. The van der Waals surface area contributed by atoms with Gasteiger partial charge in [-0.2, -0.15) is 0 Å². The van der Waals surface area contributed by atoms with Crippen molar-refractivity contribution in [2.24, 2.45) is 0 Å². The van der Waals surface area contributed by atoms with Crippen molar-refractivity contribution in [1.82, 2.24) is 0 Å². The van der Waals surface area contributed by atoms with Crippen molar-refractivity contribution in [2.45, 2.75) is 18.7 Å². The smallest absolute Gasteiger partial charge is 0.262 e. The van der Waals surface area contributed by atoms with E-state index >= 15 is 0 Å². The van der Waals surface area contributed by atoms with E-state index in [2.05, 4.69) is 4.72 Å². The number of aromatic hydroxyl groups is 1. The van der Waals surface area contributed by atoms with E-state index in [9.17, 15) is 17.9 Å². The first kappa shape index (κ1) is 14.3. The summed E-state index contributed by atoms with van der Waals surface area (Å²) in [5.74, 6) is -1.10. The Bertz CT molecular complexity index is 757. The number of hydrogen-bond acceptors (Lipinski definition) is 3. The monoisotopic (exact) mass is 295 g/mol. The number of aryl methyl sites for hydroxylation is 2. The molecule has 0 unspecified atom stereocenters. The molecule has 0 aliphatic carbocycles. The number of rotatable bonds is 3. The Morgan fingerprint density at radius 1 is 1.10 bits per heavy atom. The van der Waals surface area contributed by atoms with Crippen LogP contribution >= 0.6 is 0 Å². The van der Waals surface area contributed by atoms with Crippen LogP contribution < -0.4 is 4.72 Å². The molecule has 0 spiro atoms. The summed E-state index contributed by atoms with van der Waals surface area (Å²) < 4.78 is 39.7. The molecule has 0 radical (unpaired) electrons. The molecule has 0 atom stereocenters. The highest BCUT2D eigenvalue weighted by Crippen LogP contribution is 2.27. The second-order valence-electron chi connectivity index (χ2n) is 4.54. The summed E-state index contributed by atoms with van der Waals surface area (Å²) in [6, 6.07) is 8.14. The number of phenolic OH excluding ortho intramolecular Hbond substituents is 1. The van der Waals surface area contributed by atoms with Gasteiger partial charge in [0.25, 0.3) is 10.0 Å². The molecule has 106 valence electrons. The quantitative estimate of drug-likeness (QED) is 0.856. The second kappa shape index (κ2) is 5.13. The molecule has 0 amide bonds. The zero-order chi connectivity index (χ0) is 14.9. The lowest BCUT2D eigenvalue weighted by Gasteiger charge is -2.12. The van der Waals surface area contributed by atoms with E-state index < -0.39 is 21.6 Å². The van der Waals surface area contributed by atoms with Gasteiger partial charge in [0.15, 0.2) is 0 Å². The first-order valence-corrected chi connectivity index (χ1v) is 7.36. The summed E-state index contributed by atoms with van der Waals surface area (Å²) in [5.41, 5.74) is 1.33. The average Bonchev–Trinajstić information content (AvgIpc) is 2.35. The van der Waals surface area contributed by atoms with Gasteiger partial charge in [-0.3, -0.25) is 4.72 Å². The number of sulfonamides is 1. The lowest BCUT2D eigenvalue weighted by atomic mass is 10.2. The molecule has 2 aromatic carbocycles. The van der Waals surface area contributed by atoms with Gasteiger partial charge < -0.3 is 5.11 Å². The van der Waals surface area contributed by atoms with Crippen LogP contribution in [0, 0.1) is 19.7 Å². The molecule has 0 fully saturated rings. The largest absolute Gasteiger partial charge is 0.506 e. The fourth-order valence-electron chi connectivity index (χ4n) is 1.79. The minimum Gasteiger partial charge on any atom is -0.506 e. The number of nitrogens with one attached hydrogen (secondary N) is 1. The summed E-state index contributed by atoms with van der Waals surface area (Å²) in [6.45, 7) is 3.46. The van der Waals surface area contributed by atoms with Crippen LogP contribution in [-0.4, -0.2) is 13.5 Å². The van der Waals surface area contributed by atoms with Crippen molar-refractivity contribution in [2.75, 3.05) is 4.72 Å². The fraction of sp³-hybridized carbons (Fsp3) is 0.143. The van der Waals surface area contributed by atoms with Gasteiger partial charge in [-0.1, -0.05) is 12.1 Å². The Kier molecular flexibility index (Phi) is 3.67. The third kappa shape index (κ3) is 2.91. The van der Waals surface area contributed by atoms with Crippen molar-refractivity contribution < 1.29 is 17.9 Å². The van der Waals surface area contributed by atoms with Gasteiger partial charge in [0.2, 0.25) is 0 Å². The molecule has 0 bridgehead atoms. The van der Waals surface area contributed by atoms with Crippen LogP contribution in [0.3, 0.4) is 0 Å². The zero-order valence-corrected chi connectivity index (χ0v) is 11.8. The lowest BCUT2D eigenvalue weighted by Crippen LogP contribution is -2.14. The third-order valence-corrected chi connectivity index (χ3v) is 4.34. The standard InChI is InChI=1S/C14H14FNO3S/c1-9-3-4-10(2)14(7-9)20(18,19)16-12-6-5-11(15)8-13(12)17/h3-8,16-17H,1-2H3. The molecule has 6 heteroatoms. The summed E-state index contributed by atoms with van der Waals surface area (Å²) >= 11 is 0. The summed E-state index contributed by atoms with van der Waals surface area (Å²) in [6.07, 6.45) is 0. The van der Waals surface area contributed by atoms with E-state index in [4.69, 9.17) is 0 Å². The molecular formula is C14H14FNO3S. The Morgan fingerprint density at radius 3 is 2.45 bits per heavy atom. The van der Waals surface area contributed by atoms with E-state index in [0.717, 1.165) is 17.7 Å². The van der Waals surface area contributed by atoms with E-state index in [1.165, 1.54) is 12.1 Å². The predicted octanol–water partition coefficient (Wildman–Crippen LogP) is 2.95. The van der Waals surface area contributed by atoms with Crippen LogP contribution in [0.4, 0.5) is 10.1 Å². The van der Waals surface area contributed by atoms with Gasteiger partial charge in [-0.05, 0) is 43.2 Å². The zero-order valence-electron chi connectivity index (χ0n) is 11.0. The van der Waals surface area contributed by atoms with Crippen LogP contribution in [0.15, 0.2) is 41.3 Å². The molecule has 0 heterocycles. The summed E-state index contributed by atoms with van der Waals surface area (Å²) in [5, 5.41) is 9.56. The number of phenols is 1. The topological polar surface area (TPSA) is 66.4 Å². The van der Waals surface area contributed by atoms with Gasteiger partial charge >= 0.3 is 0 Å². The highest BCUT2D eigenvalue weighted by molar-refractivity contribution is 7.92. The molecule has 0 aliphatic rings. The maximum atomic E-state index is 12.9. The SMILES string of the molecule is Cc1ccc(C)c(S(=O)(=O)Nc2ccc(F)cc2O)c1. The number of hydrogen-bond donors (Lipinski definition) is 2. The minimum absolute atomic E-state index is 0.0627. The van der Waals surface area contributed by atoms with Crippen molar-refractivity contribution in [3.05, 3.63) is 53.3 Å². The number of anilines is 1. The minimum atomic E-state index is -3.83. The number of halogens is 1. The van der Waals surface area contributed by atoms with Crippen LogP contribution in [0.5, 0.6) is 5.75 Å². The normalized spacial score (nSPS) is 11.3. The molecule has 4 nitrogen and oxygen atoms in total. The maximum absolute atomic E-state index is 12.9. The van der Waals surface area contributed by atoms with E-state index in [1.807, 2.05) is 6.07 Å². The molecule has 0 saturated carbocycles. The second-order valence-corrected chi connectivity index (χ2v) is 6.19. The Hall–Kier alpha value is -2.08. The molecule has 2 N–H and O–H groups in total. The molecule has 2 aromatic rings. The van der Waals surface area contributed by atoms with Crippen LogP contribution in [-0.2, 0) is 10.0 Å². The summed E-state index contributed by atoms with van der Waals surface area (Å²) in [4.78, 5) is 0.126. The highest BCUT2D eigenvalue weighted by atomic mass is 32.2. The Labute approximate surface area is 116 Å². The summed E-state index contributed by atoms with van der Waals surface area (Å²) in [7, 11) is -3.83. The van der Waals surface area contributed by atoms with Gasteiger partial charge in [-0.15, -0.1) is 0 Å². The van der Waals surface area contributed by atoms with E-state index in [0.29, 0.717) is 5.56 Å². The Balaban J connectivity index is 2.43. The van der Waals surface area contributed by atoms with E-state index in [-0.39, 0.29) is 10.6 Å². The van der Waals surface area contributed by atoms with Crippen molar-refractivity contribution in [3.8, 4) is 5.75 Å². The number of benzene rings is 2. The van der Waals surface area contributed by atoms with Crippen LogP contribution in [0.25, 0.3) is 0 Å². The molecule has 20 heavy (non-hydrogen) atoms. The first-order valence-electron chi connectivity index (χ1n) is 5.88. The van der Waals surface area contributed by atoms with Crippen molar-refractivity contribution in [1.29, 1.82) is 0 Å². The van der Waals surface area contributed by atoms with Crippen molar-refractivity contribution >= 4 is 15.7 Å². The predicted molar refractivity (Wildman–Crippen MR) is 74.8 cm³/mol. The van der Waals surface area contributed by atoms with Crippen LogP contribution in [0.2, 0.25) is 0 Å². The molecule has 2 rings (SSSR count). The van der Waals surface area contributed by atoms with Gasteiger partial charge in [0, 0.05) is 6.07 Å². The van der Waals surface area contributed by atoms with E-state index in [1.54, 1.807) is 19.9 Å². The maximum Gasteiger partial charge on any atom is 0.262 e. The van der Waals surface area contributed by atoms with Crippen LogP contribution in [0.1, 0.15) is 11.1 Å². The van der Waals surface area contributed by atoms with Crippen molar-refractivity contribution in [3.63, 3.8) is 0 Å². The third-order valence-electron chi connectivity index (χ3n) is 2.84. The molecule has 0 saturated heterocycles.